The first-order chi connectivity index (χ1) is 11.9. The minimum Gasteiger partial charge on any atom is -0.465 e. The average molecular weight is 384 g/mol. The second-order valence-corrected chi connectivity index (χ2v) is 6.65. The summed E-state index contributed by atoms with van der Waals surface area (Å²) in [6.07, 6.45) is -0.0172. The average Bonchev–Trinajstić information content (AvgIpc) is 3.17. The molecule has 0 radical (unpaired) electrons. The summed E-state index contributed by atoms with van der Waals surface area (Å²) in [7, 11) is 1.25. The molecular weight excluding hydrogens is 368 g/mol. The number of aryl methyl sites for hydroxylation is 1. The van der Waals surface area contributed by atoms with Gasteiger partial charge in [-0.05, 0) is 18.4 Å². The number of ether oxygens (including phenoxy) is 2. The fraction of sp³-hybridized carbons (Fsp3) is 0.333. The third-order valence-electron chi connectivity index (χ3n) is 3.19. The van der Waals surface area contributed by atoms with Crippen molar-refractivity contribution < 1.29 is 23.9 Å². The number of hydrogen-bond acceptors (Lipinski definition) is 8. The third-order valence-corrected chi connectivity index (χ3v) is 4.97. The molecule has 0 unspecified atom stereocenters. The van der Waals surface area contributed by atoms with Crippen LogP contribution in [0.25, 0.3) is 0 Å². The van der Waals surface area contributed by atoms with Gasteiger partial charge in [-0.1, -0.05) is 11.3 Å². The molecule has 2 aromatic heterocycles. The number of hydrogen-bond donors (Lipinski definition) is 1. The Labute approximate surface area is 151 Å². The van der Waals surface area contributed by atoms with Gasteiger partial charge in [0.15, 0.2) is 6.61 Å². The second kappa shape index (κ2) is 8.58. The van der Waals surface area contributed by atoms with Crippen LogP contribution in [0.5, 0.6) is 0 Å². The van der Waals surface area contributed by atoms with Crippen molar-refractivity contribution in [3.05, 3.63) is 37.1 Å². The van der Waals surface area contributed by atoms with E-state index in [1.807, 2.05) is 0 Å². The van der Waals surface area contributed by atoms with Gasteiger partial charge < -0.3 is 19.4 Å². The lowest BCUT2D eigenvalue weighted by atomic mass is 10.4. The Hall–Kier alpha value is -2.46. The number of rotatable bonds is 7. The molecule has 0 aliphatic heterocycles. The summed E-state index contributed by atoms with van der Waals surface area (Å²) in [4.78, 5) is 46.7. The van der Waals surface area contributed by atoms with Crippen molar-refractivity contribution in [2.75, 3.05) is 19.0 Å². The number of esters is 2. The van der Waals surface area contributed by atoms with Gasteiger partial charge in [0.1, 0.15) is 4.88 Å². The van der Waals surface area contributed by atoms with E-state index in [4.69, 9.17) is 4.74 Å². The molecule has 0 fully saturated rings. The van der Waals surface area contributed by atoms with Crippen LogP contribution in [-0.2, 0) is 25.6 Å². The molecule has 0 bridgehead atoms. The van der Waals surface area contributed by atoms with Crippen LogP contribution in [0.4, 0.5) is 5.69 Å². The predicted molar refractivity (Wildman–Crippen MR) is 93.2 cm³/mol. The molecule has 134 valence electrons. The monoisotopic (exact) mass is 384 g/mol. The van der Waals surface area contributed by atoms with Crippen molar-refractivity contribution in [1.82, 2.24) is 4.57 Å². The lowest BCUT2D eigenvalue weighted by Gasteiger charge is -2.07. The Balaban J connectivity index is 1.80. The number of nitrogens with one attached hydrogen (secondary N) is 1. The highest BCUT2D eigenvalue weighted by molar-refractivity contribution is 7.12. The van der Waals surface area contributed by atoms with E-state index < -0.39 is 24.5 Å². The Morgan fingerprint density at radius 1 is 1.28 bits per heavy atom. The van der Waals surface area contributed by atoms with Gasteiger partial charge in [-0.15, -0.1) is 11.3 Å². The summed E-state index contributed by atoms with van der Waals surface area (Å²) in [6, 6.07) is 1.56. The predicted octanol–water partition coefficient (Wildman–Crippen LogP) is 1.64. The number of carbonyl (C=O) groups is 3. The lowest BCUT2D eigenvalue weighted by molar-refractivity contribution is -0.147. The van der Waals surface area contributed by atoms with E-state index >= 15 is 0 Å². The molecule has 0 atom stereocenters. The zero-order chi connectivity index (χ0) is 18.4. The molecule has 8 nitrogen and oxygen atoms in total. The van der Waals surface area contributed by atoms with Crippen molar-refractivity contribution in [2.45, 2.75) is 19.9 Å². The van der Waals surface area contributed by atoms with Gasteiger partial charge in [-0.2, -0.15) is 0 Å². The number of thiophene rings is 1. The van der Waals surface area contributed by atoms with Gasteiger partial charge in [0.05, 0.1) is 19.2 Å². The third kappa shape index (κ3) is 5.00. The number of thiazole rings is 1. The first-order valence-electron chi connectivity index (χ1n) is 7.18. The van der Waals surface area contributed by atoms with E-state index in [2.05, 4.69) is 10.1 Å². The SMILES string of the molecule is COC(=O)c1sccc1NC(=O)COC(=O)CCn1c(C)csc1=O. The van der Waals surface area contributed by atoms with E-state index in [1.54, 1.807) is 23.8 Å². The van der Waals surface area contributed by atoms with Crippen LogP contribution in [0.15, 0.2) is 21.6 Å². The molecule has 1 amide bonds. The normalized spacial score (nSPS) is 10.3. The van der Waals surface area contributed by atoms with Crippen LogP contribution < -0.4 is 10.2 Å². The molecular formula is C15H16N2O6S2. The fourth-order valence-electron chi connectivity index (χ4n) is 1.94. The molecule has 2 aromatic rings. The van der Waals surface area contributed by atoms with Crippen molar-refractivity contribution in [1.29, 1.82) is 0 Å². The summed E-state index contributed by atoms with van der Waals surface area (Å²) in [5.74, 6) is -1.72. The Morgan fingerprint density at radius 2 is 2.04 bits per heavy atom. The highest BCUT2D eigenvalue weighted by Crippen LogP contribution is 2.22. The first kappa shape index (κ1) is 18.9. The van der Waals surface area contributed by atoms with Crippen LogP contribution in [0.2, 0.25) is 0 Å². The summed E-state index contributed by atoms with van der Waals surface area (Å²) in [5.41, 5.74) is 1.08. The molecule has 0 aliphatic carbocycles. The summed E-state index contributed by atoms with van der Waals surface area (Å²) >= 11 is 2.19. The quantitative estimate of drug-likeness (QED) is 0.728. The van der Waals surface area contributed by atoms with Crippen LogP contribution in [-0.4, -0.2) is 36.1 Å². The van der Waals surface area contributed by atoms with Gasteiger partial charge in [0.25, 0.3) is 5.91 Å². The van der Waals surface area contributed by atoms with Crippen LogP contribution in [0, 0.1) is 6.92 Å². The molecule has 0 spiro atoms. The fourth-order valence-corrected chi connectivity index (χ4v) is 3.47. The minimum absolute atomic E-state index is 0.0172. The van der Waals surface area contributed by atoms with Crippen LogP contribution in [0.3, 0.4) is 0 Å². The van der Waals surface area contributed by atoms with E-state index in [9.17, 15) is 19.2 Å². The minimum atomic E-state index is -0.592. The Kier molecular flexibility index (Phi) is 6.48. The highest BCUT2D eigenvalue weighted by Gasteiger charge is 2.16. The van der Waals surface area contributed by atoms with E-state index in [0.717, 1.165) is 28.4 Å². The Bertz CT molecular complexity index is 835. The molecule has 0 aliphatic rings. The zero-order valence-electron chi connectivity index (χ0n) is 13.6. The zero-order valence-corrected chi connectivity index (χ0v) is 15.2. The molecule has 10 heteroatoms. The topological polar surface area (TPSA) is 104 Å². The second-order valence-electron chi connectivity index (χ2n) is 4.91. The van der Waals surface area contributed by atoms with Crippen molar-refractivity contribution in [3.8, 4) is 0 Å². The molecule has 0 aromatic carbocycles. The Morgan fingerprint density at radius 3 is 2.68 bits per heavy atom. The molecule has 0 saturated carbocycles. The number of aromatic nitrogens is 1. The number of methoxy groups -OCH3 is 1. The van der Waals surface area contributed by atoms with E-state index in [0.29, 0.717) is 5.69 Å². The van der Waals surface area contributed by atoms with E-state index in [-0.39, 0.29) is 22.7 Å². The number of anilines is 1. The van der Waals surface area contributed by atoms with Gasteiger partial charge in [0.2, 0.25) is 0 Å². The van der Waals surface area contributed by atoms with Gasteiger partial charge in [-0.3, -0.25) is 14.4 Å². The lowest BCUT2D eigenvalue weighted by Crippen LogP contribution is -2.23. The molecule has 1 N–H and O–H groups in total. The molecule has 0 saturated heterocycles. The van der Waals surface area contributed by atoms with Gasteiger partial charge in [0, 0.05) is 17.6 Å². The van der Waals surface area contributed by atoms with Crippen LogP contribution >= 0.6 is 22.7 Å². The highest BCUT2D eigenvalue weighted by atomic mass is 32.1. The van der Waals surface area contributed by atoms with Crippen LogP contribution in [0.1, 0.15) is 21.8 Å². The van der Waals surface area contributed by atoms with Crippen molar-refractivity contribution in [3.63, 3.8) is 0 Å². The number of carbonyl (C=O) groups excluding carboxylic acids is 3. The van der Waals surface area contributed by atoms with Crippen molar-refractivity contribution >= 4 is 46.2 Å². The van der Waals surface area contributed by atoms with E-state index in [1.165, 1.54) is 11.7 Å². The van der Waals surface area contributed by atoms with Gasteiger partial charge in [-0.25, -0.2) is 4.79 Å². The summed E-state index contributed by atoms with van der Waals surface area (Å²) in [6.45, 7) is 1.49. The summed E-state index contributed by atoms with van der Waals surface area (Å²) < 4.78 is 11.0. The standard InChI is InChI=1S/C15H16N2O6S2/c1-9-8-25-15(21)17(9)5-3-12(19)23-7-11(18)16-10-4-6-24-13(10)14(20)22-2/h4,6,8H,3,5,7H2,1-2H3,(H,16,18). The smallest absolute Gasteiger partial charge is 0.350 e. The van der Waals surface area contributed by atoms with Gasteiger partial charge >= 0.3 is 16.8 Å². The molecule has 2 heterocycles. The van der Waals surface area contributed by atoms with Crippen molar-refractivity contribution in [2.24, 2.45) is 0 Å². The maximum atomic E-state index is 11.8. The first-order valence-corrected chi connectivity index (χ1v) is 8.94. The molecule has 2 rings (SSSR count). The summed E-state index contributed by atoms with van der Waals surface area (Å²) in [5, 5.41) is 5.83. The molecule has 25 heavy (non-hydrogen) atoms. The maximum absolute atomic E-state index is 11.8. The number of amides is 1. The number of nitrogens with zero attached hydrogens (tertiary/aromatic N) is 1. The largest absolute Gasteiger partial charge is 0.465 e. The maximum Gasteiger partial charge on any atom is 0.350 e.